The number of aromatic nitrogens is 2. The van der Waals surface area contributed by atoms with Crippen LogP contribution >= 0.6 is 11.6 Å². The van der Waals surface area contributed by atoms with Crippen LogP contribution in [0.25, 0.3) is 10.8 Å². The number of halogens is 1. The minimum absolute atomic E-state index is 0.0369. The molecule has 0 aliphatic carbocycles. The van der Waals surface area contributed by atoms with Crippen molar-refractivity contribution >= 4 is 28.2 Å². The van der Waals surface area contributed by atoms with E-state index in [0.717, 1.165) is 28.8 Å². The Morgan fingerprint density at radius 2 is 1.83 bits per heavy atom. The van der Waals surface area contributed by atoms with Gasteiger partial charge >= 0.3 is 0 Å². The maximum atomic E-state index is 5.93. The molecule has 0 radical (unpaired) electrons. The summed E-state index contributed by atoms with van der Waals surface area (Å²) in [5.74, 6) is 1.44. The Balaban J connectivity index is 2.32. The van der Waals surface area contributed by atoms with Crippen LogP contribution in [0, 0.1) is 12.3 Å². The predicted octanol–water partition coefficient (Wildman–Crippen LogP) is 3.62. The molecule has 1 aromatic heterocycles. The van der Waals surface area contributed by atoms with Gasteiger partial charge in [0.05, 0.1) is 5.69 Å². The van der Waals surface area contributed by atoms with Gasteiger partial charge in [-0.2, -0.15) is 5.10 Å². The second-order valence-corrected chi connectivity index (χ2v) is 5.60. The average Bonchev–Trinajstić information content (AvgIpc) is 2.38. The van der Waals surface area contributed by atoms with E-state index in [1.54, 1.807) is 0 Å². The van der Waals surface area contributed by atoms with Crippen molar-refractivity contribution in [1.82, 2.24) is 10.2 Å². The van der Waals surface area contributed by atoms with Gasteiger partial charge in [-0.15, -0.1) is 16.7 Å². The average molecular weight is 264 g/mol. The van der Waals surface area contributed by atoms with Gasteiger partial charge in [-0.1, -0.05) is 38.1 Å². The minimum Gasteiger partial charge on any atom is -0.367 e. The van der Waals surface area contributed by atoms with E-state index in [-0.39, 0.29) is 5.41 Å². The number of alkyl halides is 1. The zero-order valence-corrected chi connectivity index (χ0v) is 11.8. The van der Waals surface area contributed by atoms with Gasteiger partial charge in [-0.3, -0.25) is 0 Å². The first-order valence-corrected chi connectivity index (χ1v) is 6.59. The van der Waals surface area contributed by atoms with Gasteiger partial charge in [0.15, 0.2) is 5.82 Å². The van der Waals surface area contributed by atoms with Crippen LogP contribution in [0.2, 0.25) is 0 Å². The predicted molar refractivity (Wildman–Crippen MR) is 77.3 cm³/mol. The number of benzene rings is 1. The smallest absolute Gasteiger partial charge is 0.156 e. The van der Waals surface area contributed by atoms with E-state index in [4.69, 9.17) is 11.6 Å². The normalized spacial score (nSPS) is 11.8. The quantitative estimate of drug-likeness (QED) is 0.857. The second-order valence-electron chi connectivity index (χ2n) is 5.33. The molecule has 0 saturated carbocycles. The molecule has 2 aromatic rings. The molecule has 0 amide bonds. The summed E-state index contributed by atoms with van der Waals surface area (Å²) in [6.07, 6.45) is 0. The Morgan fingerprint density at radius 3 is 2.50 bits per heavy atom. The molecule has 1 N–H and O–H groups in total. The molecular weight excluding hydrogens is 246 g/mol. The molecule has 0 spiro atoms. The molecule has 1 aromatic carbocycles. The van der Waals surface area contributed by atoms with Crippen molar-refractivity contribution in [1.29, 1.82) is 0 Å². The van der Waals surface area contributed by atoms with Crippen LogP contribution in [0.4, 0.5) is 5.82 Å². The molecule has 18 heavy (non-hydrogen) atoms. The van der Waals surface area contributed by atoms with Gasteiger partial charge in [0.2, 0.25) is 0 Å². The van der Waals surface area contributed by atoms with Crippen molar-refractivity contribution in [2.45, 2.75) is 20.8 Å². The second kappa shape index (κ2) is 5.11. The molecule has 3 nitrogen and oxygen atoms in total. The highest BCUT2D eigenvalue weighted by Gasteiger charge is 2.17. The van der Waals surface area contributed by atoms with Crippen LogP contribution in [0.15, 0.2) is 24.3 Å². The molecule has 96 valence electrons. The maximum absolute atomic E-state index is 5.93. The molecule has 2 rings (SSSR count). The standard InChI is InChI=1S/C14H18ClN3/c1-10-11-6-4-5-7-12(11)13(18-17-10)16-9-14(2,3)8-15/h4-7H,8-9H2,1-3H3,(H,16,18). The summed E-state index contributed by atoms with van der Waals surface area (Å²) in [5.41, 5.74) is 0.989. The fraction of sp³-hybridized carbons (Fsp3) is 0.429. The number of hydrogen-bond acceptors (Lipinski definition) is 3. The topological polar surface area (TPSA) is 37.8 Å². The van der Waals surface area contributed by atoms with E-state index in [1.807, 2.05) is 19.1 Å². The van der Waals surface area contributed by atoms with Crippen molar-refractivity contribution in [3.05, 3.63) is 30.0 Å². The van der Waals surface area contributed by atoms with Gasteiger partial charge in [-0.05, 0) is 12.3 Å². The molecule has 0 aliphatic heterocycles. The summed E-state index contributed by atoms with van der Waals surface area (Å²) in [7, 11) is 0. The molecule has 0 bridgehead atoms. The van der Waals surface area contributed by atoms with E-state index in [0.29, 0.717) is 5.88 Å². The van der Waals surface area contributed by atoms with Crippen LogP contribution in [-0.2, 0) is 0 Å². The van der Waals surface area contributed by atoms with Crippen molar-refractivity contribution in [3.8, 4) is 0 Å². The first-order valence-electron chi connectivity index (χ1n) is 6.05. The SMILES string of the molecule is Cc1nnc(NCC(C)(C)CCl)c2ccccc12. The zero-order valence-electron chi connectivity index (χ0n) is 11.0. The Morgan fingerprint density at radius 1 is 1.17 bits per heavy atom. The molecule has 0 unspecified atom stereocenters. The number of fused-ring (bicyclic) bond motifs is 1. The summed E-state index contributed by atoms with van der Waals surface area (Å²) in [5, 5.41) is 14.0. The molecule has 0 saturated heterocycles. The number of nitrogens with zero attached hydrogens (tertiary/aromatic N) is 2. The Hall–Kier alpha value is -1.35. The fourth-order valence-corrected chi connectivity index (χ4v) is 1.83. The molecule has 0 atom stereocenters. The Bertz CT molecular complexity index is 552. The van der Waals surface area contributed by atoms with Gasteiger partial charge in [0.1, 0.15) is 0 Å². The highest BCUT2D eigenvalue weighted by Crippen LogP contribution is 2.24. The van der Waals surface area contributed by atoms with Crippen LogP contribution in [0.3, 0.4) is 0 Å². The monoisotopic (exact) mass is 263 g/mol. The van der Waals surface area contributed by atoms with Gasteiger partial charge < -0.3 is 5.32 Å². The van der Waals surface area contributed by atoms with Crippen molar-refractivity contribution in [2.75, 3.05) is 17.7 Å². The Kier molecular flexibility index (Phi) is 3.71. The summed E-state index contributed by atoms with van der Waals surface area (Å²) < 4.78 is 0. The third-order valence-electron chi connectivity index (χ3n) is 2.97. The van der Waals surface area contributed by atoms with E-state index in [1.165, 1.54) is 0 Å². The zero-order chi connectivity index (χ0) is 13.2. The van der Waals surface area contributed by atoms with E-state index >= 15 is 0 Å². The highest BCUT2D eigenvalue weighted by atomic mass is 35.5. The summed E-state index contributed by atoms with van der Waals surface area (Å²) in [6, 6.07) is 8.16. The number of anilines is 1. The van der Waals surface area contributed by atoms with Crippen LogP contribution in [0.5, 0.6) is 0 Å². The van der Waals surface area contributed by atoms with Crippen LogP contribution < -0.4 is 5.32 Å². The van der Waals surface area contributed by atoms with Crippen molar-refractivity contribution in [2.24, 2.45) is 5.41 Å². The molecule has 4 heteroatoms. The third kappa shape index (κ3) is 2.72. The van der Waals surface area contributed by atoms with E-state index in [9.17, 15) is 0 Å². The van der Waals surface area contributed by atoms with Gasteiger partial charge in [0.25, 0.3) is 0 Å². The molecule has 0 fully saturated rings. The molecule has 1 heterocycles. The largest absolute Gasteiger partial charge is 0.367 e. The number of aryl methyl sites for hydroxylation is 1. The van der Waals surface area contributed by atoms with Crippen molar-refractivity contribution in [3.63, 3.8) is 0 Å². The number of rotatable bonds is 4. The summed E-state index contributed by atoms with van der Waals surface area (Å²) in [4.78, 5) is 0. The summed E-state index contributed by atoms with van der Waals surface area (Å²) in [6.45, 7) is 6.99. The van der Waals surface area contributed by atoms with E-state index in [2.05, 4.69) is 41.5 Å². The number of hydrogen-bond donors (Lipinski definition) is 1. The fourth-order valence-electron chi connectivity index (χ4n) is 1.74. The van der Waals surface area contributed by atoms with Gasteiger partial charge in [0, 0.05) is 23.2 Å². The van der Waals surface area contributed by atoms with Crippen LogP contribution in [-0.4, -0.2) is 22.6 Å². The lowest BCUT2D eigenvalue weighted by molar-refractivity contribution is 0.449. The lowest BCUT2D eigenvalue weighted by Gasteiger charge is -2.22. The lowest BCUT2D eigenvalue weighted by atomic mass is 9.96. The van der Waals surface area contributed by atoms with E-state index < -0.39 is 0 Å². The first kappa shape index (κ1) is 13.1. The first-order chi connectivity index (χ1) is 8.53. The third-order valence-corrected chi connectivity index (χ3v) is 3.69. The maximum Gasteiger partial charge on any atom is 0.156 e. The van der Waals surface area contributed by atoms with Crippen molar-refractivity contribution < 1.29 is 0 Å². The lowest BCUT2D eigenvalue weighted by Crippen LogP contribution is -2.25. The molecular formula is C14H18ClN3. The van der Waals surface area contributed by atoms with Crippen LogP contribution in [0.1, 0.15) is 19.5 Å². The molecule has 0 aliphatic rings. The number of nitrogens with one attached hydrogen (secondary N) is 1. The summed E-state index contributed by atoms with van der Waals surface area (Å²) >= 11 is 5.93. The minimum atomic E-state index is 0.0369. The Labute approximate surface area is 113 Å². The highest BCUT2D eigenvalue weighted by molar-refractivity contribution is 6.18. The van der Waals surface area contributed by atoms with Gasteiger partial charge in [-0.25, -0.2) is 0 Å².